The Bertz CT molecular complexity index is 645. The summed E-state index contributed by atoms with van der Waals surface area (Å²) >= 11 is 3.64. The lowest BCUT2D eigenvalue weighted by Crippen LogP contribution is -2.51. The first-order valence-corrected chi connectivity index (χ1v) is 9.97. The number of carbonyl (C=O) groups is 1. The van der Waals surface area contributed by atoms with Gasteiger partial charge < -0.3 is 21.3 Å². The molecule has 0 atom stereocenters. The van der Waals surface area contributed by atoms with Gasteiger partial charge in [-0.15, -0.1) is 24.0 Å². The molecule has 0 spiro atoms. The molecule has 0 aromatic heterocycles. The zero-order valence-electron chi connectivity index (χ0n) is 16.3. The highest BCUT2D eigenvalue weighted by Crippen LogP contribution is 2.30. The fourth-order valence-corrected chi connectivity index (χ4v) is 3.95. The third-order valence-corrected chi connectivity index (χ3v) is 5.42. The molecule has 1 heterocycles. The minimum Gasteiger partial charge on any atom is -0.357 e. The average Bonchev–Trinajstić information content (AvgIpc) is 2.60. The van der Waals surface area contributed by atoms with Crippen LogP contribution in [-0.2, 0) is 5.41 Å². The van der Waals surface area contributed by atoms with Gasteiger partial charge in [0.05, 0.1) is 6.54 Å². The SMILES string of the molecule is CCNC(=NCC(C)(C)c1ccccc1Br)NC1CCN(C(N)=O)CC1.I. The molecule has 27 heavy (non-hydrogen) atoms. The van der Waals surface area contributed by atoms with E-state index in [2.05, 4.69) is 65.5 Å². The minimum atomic E-state index is -0.334. The van der Waals surface area contributed by atoms with Gasteiger partial charge >= 0.3 is 6.03 Å². The quantitative estimate of drug-likeness (QED) is 0.298. The number of amides is 2. The van der Waals surface area contributed by atoms with Crippen LogP contribution in [-0.4, -0.2) is 49.1 Å². The summed E-state index contributed by atoms with van der Waals surface area (Å²) in [6.07, 6.45) is 1.75. The maximum absolute atomic E-state index is 11.2. The number of aliphatic imine (C=N–C) groups is 1. The van der Waals surface area contributed by atoms with Crippen molar-refractivity contribution >= 4 is 51.9 Å². The van der Waals surface area contributed by atoms with Crippen LogP contribution in [0.3, 0.4) is 0 Å². The van der Waals surface area contributed by atoms with Crippen LogP contribution in [0.1, 0.15) is 39.2 Å². The number of nitrogens with zero attached hydrogens (tertiary/aromatic N) is 2. The zero-order chi connectivity index (χ0) is 19.2. The summed E-state index contributed by atoms with van der Waals surface area (Å²) in [7, 11) is 0. The summed E-state index contributed by atoms with van der Waals surface area (Å²) in [4.78, 5) is 17.8. The van der Waals surface area contributed by atoms with Crippen LogP contribution in [0.15, 0.2) is 33.7 Å². The lowest BCUT2D eigenvalue weighted by atomic mass is 9.85. The van der Waals surface area contributed by atoms with Crippen LogP contribution in [0.2, 0.25) is 0 Å². The number of primary amides is 1. The van der Waals surface area contributed by atoms with Crippen LogP contribution in [0, 0.1) is 0 Å². The predicted molar refractivity (Wildman–Crippen MR) is 126 cm³/mol. The van der Waals surface area contributed by atoms with E-state index in [4.69, 9.17) is 10.7 Å². The molecule has 1 aromatic rings. The van der Waals surface area contributed by atoms with E-state index in [-0.39, 0.29) is 35.4 Å². The molecule has 0 unspecified atom stereocenters. The van der Waals surface area contributed by atoms with Gasteiger partial charge in [-0.1, -0.05) is 48.0 Å². The maximum atomic E-state index is 11.2. The summed E-state index contributed by atoms with van der Waals surface area (Å²) in [5.74, 6) is 0.824. The number of rotatable bonds is 5. The molecule has 1 aliphatic rings. The molecule has 152 valence electrons. The maximum Gasteiger partial charge on any atom is 0.314 e. The largest absolute Gasteiger partial charge is 0.357 e. The number of nitrogens with one attached hydrogen (secondary N) is 2. The topological polar surface area (TPSA) is 82.8 Å². The Kier molecular flexibility index (Phi) is 9.86. The molecular formula is C19H31BrIN5O. The molecule has 0 bridgehead atoms. The Morgan fingerprint density at radius 1 is 1.33 bits per heavy atom. The Hall–Kier alpha value is -1.03. The first-order valence-electron chi connectivity index (χ1n) is 9.17. The summed E-state index contributed by atoms with van der Waals surface area (Å²) < 4.78 is 1.11. The number of carbonyl (C=O) groups excluding carboxylic acids is 1. The van der Waals surface area contributed by atoms with E-state index in [9.17, 15) is 4.79 Å². The molecule has 0 radical (unpaired) electrons. The molecular weight excluding hydrogens is 521 g/mol. The number of benzene rings is 1. The second-order valence-electron chi connectivity index (χ2n) is 7.30. The number of hydrogen-bond donors (Lipinski definition) is 3. The second-order valence-corrected chi connectivity index (χ2v) is 8.16. The standard InChI is InChI=1S/C19H30BrN5O.HI/c1-4-22-18(24-14-9-11-25(12-10-14)17(21)26)23-13-19(2,3)15-7-5-6-8-16(15)20;/h5-8,14H,4,9-13H2,1-3H3,(H2,21,26)(H2,22,23,24);1H. The van der Waals surface area contributed by atoms with Crippen molar-refractivity contribution in [2.75, 3.05) is 26.2 Å². The van der Waals surface area contributed by atoms with Gasteiger partial charge in [0.1, 0.15) is 0 Å². The third-order valence-electron chi connectivity index (χ3n) is 4.73. The summed E-state index contributed by atoms with van der Waals surface area (Å²) in [5.41, 5.74) is 6.51. The predicted octanol–water partition coefficient (Wildman–Crippen LogP) is 3.44. The van der Waals surface area contributed by atoms with Gasteiger partial charge in [-0.05, 0) is 31.4 Å². The number of nitrogens with two attached hydrogens (primary N) is 1. The first-order chi connectivity index (χ1) is 12.3. The van der Waals surface area contributed by atoms with Crippen LogP contribution in [0.25, 0.3) is 0 Å². The van der Waals surface area contributed by atoms with Gasteiger partial charge in [-0.2, -0.15) is 0 Å². The van der Waals surface area contributed by atoms with E-state index in [0.717, 1.165) is 29.8 Å². The van der Waals surface area contributed by atoms with Gasteiger partial charge in [-0.25, -0.2) is 4.79 Å². The summed E-state index contributed by atoms with van der Waals surface area (Å²) in [6.45, 7) is 9.32. The molecule has 4 N–H and O–H groups in total. The van der Waals surface area contributed by atoms with Gasteiger partial charge in [0.15, 0.2) is 5.96 Å². The molecule has 0 saturated carbocycles. The van der Waals surface area contributed by atoms with Crippen molar-refractivity contribution < 1.29 is 4.79 Å². The lowest BCUT2D eigenvalue weighted by Gasteiger charge is -2.32. The van der Waals surface area contributed by atoms with E-state index < -0.39 is 0 Å². The number of hydrogen-bond acceptors (Lipinski definition) is 2. The van der Waals surface area contributed by atoms with Gasteiger partial charge in [-0.3, -0.25) is 4.99 Å². The minimum absolute atomic E-state index is 0. The summed E-state index contributed by atoms with van der Waals surface area (Å²) in [5, 5.41) is 6.83. The van der Waals surface area contributed by atoms with E-state index in [1.54, 1.807) is 4.90 Å². The van der Waals surface area contributed by atoms with Crippen LogP contribution in [0.4, 0.5) is 4.79 Å². The van der Waals surface area contributed by atoms with E-state index >= 15 is 0 Å². The molecule has 1 aliphatic heterocycles. The average molecular weight is 552 g/mol. The third kappa shape index (κ3) is 7.14. The highest BCUT2D eigenvalue weighted by Gasteiger charge is 2.24. The Morgan fingerprint density at radius 3 is 2.52 bits per heavy atom. The lowest BCUT2D eigenvalue weighted by molar-refractivity contribution is 0.188. The Labute approximate surface area is 187 Å². The van der Waals surface area contributed by atoms with Crippen molar-refractivity contribution in [2.45, 2.75) is 45.1 Å². The number of urea groups is 1. The van der Waals surface area contributed by atoms with Crippen LogP contribution in [0.5, 0.6) is 0 Å². The molecule has 1 fully saturated rings. The molecule has 1 aromatic carbocycles. The number of guanidine groups is 1. The van der Waals surface area contributed by atoms with Gasteiger partial charge in [0.25, 0.3) is 0 Å². The fraction of sp³-hybridized carbons (Fsp3) is 0.579. The monoisotopic (exact) mass is 551 g/mol. The van der Waals surface area contributed by atoms with Crippen LogP contribution >= 0.6 is 39.9 Å². The molecule has 8 heteroatoms. The van der Waals surface area contributed by atoms with Crippen molar-refractivity contribution in [2.24, 2.45) is 10.7 Å². The first kappa shape index (κ1) is 24.0. The van der Waals surface area contributed by atoms with E-state index in [1.807, 2.05) is 6.07 Å². The number of likely N-dealkylation sites (tertiary alicyclic amines) is 1. The van der Waals surface area contributed by atoms with Crippen molar-refractivity contribution in [1.29, 1.82) is 0 Å². The molecule has 1 saturated heterocycles. The highest BCUT2D eigenvalue weighted by atomic mass is 127. The van der Waals surface area contributed by atoms with E-state index in [0.29, 0.717) is 25.7 Å². The fourth-order valence-electron chi connectivity index (χ4n) is 3.13. The smallest absolute Gasteiger partial charge is 0.314 e. The highest BCUT2D eigenvalue weighted by molar-refractivity contribution is 14.0. The zero-order valence-corrected chi connectivity index (χ0v) is 20.2. The van der Waals surface area contributed by atoms with Gasteiger partial charge in [0, 0.05) is 35.6 Å². The van der Waals surface area contributed by atoms with Gasteiger partial charge in [0.2, 0.25) is 0 Å². The molecule has 0 aliphatic carbocycles. The number of piperidine rings is 1. The van der Waals surface area contributed by atoms with Crippen molar-refractivity contribution in [3.05, 3.63) is 34.3 Å². The Morgan fingerprint density at radius 2 is 1.96 bits per heavy atom. The molecule has 2 amide bonds. The van der Waals surface area contributed by atoms with E-state index in [1.165, 1.54) is 5.56 Å². The van der Waals surface area contributed by atoms with Crippen molar-refractivity contribution in [3.8, 4) is 0 Å². The normalized spacial score (nSPS) is 15.9. The van der Waals surface area contributed by atoms with Crippen LogP contribution < -0.4 is 16.4 Å². The number of halogens is 2. The van der Waals surface area contributed by atoms with Crippen molar-refractivity contribution in [1.82, 2.24) is 15.5 Å². The molecule has 2 rings (SSSR count). The molecule has 6 nitrogen and oxygen atoms in total. The summed E-state index contributed by atoms with van der Waals surface area (Å²) in [6, 6.07) is 8.25. The van der Waals surface area contributed by atoms with Crippen molar-refractivity contribution in [3.63, 3.8) is 0 Å². The Balaban J connectivity index is 0.00000364. The second kappa shape index (κ2) is 11.1.